The van der Waals surface area contributed by atoms with Gasteiger partial charge in [-0.1, -0.05) is 0 Å². The van der Waals surface area contributed by atoms with E-state index in [-0.39, 0.29) is 11.8 Å². The lowest BCUT2D eigenvalue weighted by Gasteiger charge is -2.14. The Kier molecular flexibility index (Phi) is 3.67. The predicted octanol–water partition coefficient (Wildman–Crippen LogP) is 4.64. The molecule has 0 N–H and O–H groups in total. The highest BCUT2D eigenvalue weighted by Gasteiger charge is 2.35. The van der Waals surface area contributed by atoms with Crippen LogP contribution in [0.3, 0.4) is 0 Å². The Labute approximate surface area is 114 Å². The van der Waals surface area contributed by atoms with Gasteiger partial charge in [-0.3, -0.25) is 4.98 Å². The number of nitrogens with zero attached hydrogens (tertiary/aromatic N) is 1. The molecule has 1 aromatic rings. The van der Waals surface area contributed by atoms with Gasteiger partial charge in [0.1, 0.15) is 0 Å². The van der Waals surface area contributed by atoms with Crippen molar-refractivity contribution in [3.63, 3.8) is 0 Å². The molecule has 0 aliphatic heterocycles. The molecular formula is C13H5F7N. The molecule has 21 heavy (non-hydrogen) atoms. The van der Waals surface area contributed by atoms with Crippen LogP contribution in [0.1, 0.15) is 11.3 Å². The average molecular weight is 308 g/mol. The lowest BCUT2D eigenvalue weighted by atomic mass is 10.00. The van der Waals surface area contributed by atoms with Gasteiger partial charge >= 0.3 is 12.4 Å². The maximum atomic E-state index is 13.6. The van der Waals surface area contributed by atoms with Crippen molar-refractivity contribution in [1.82, 2.24) is 4.98 Å². The number of alkyl halides is 6. The second kappa shape index (κ2) is 5.04. The van der Waals surface area contributed by atoms with Crippen LogP contribution in [0.25, 0.3) is 5.57 Å². The normalized spacial score (nSPS) is 16.7. The molecule has 0 bridgehead atoms. The Hall–Kier alpha value is -2.08. The van der Waals surface area contributed by atoms with Gasteiger partial charge in [-0.05, 0) is 24.3 Å². The monoisotopic (exact) mass is 308 g/mol. The van der Waals surface area contributed by atoms with Crippen molar-refractivity contribution in [3.8, 4) is 0 Å². The molecule has 1 aromatic heterocycles. The zero-order valence-corrected chi connectivity index (χ0v) is 9.98. The van der Waals surface area contributed by atoms with E-state index in [4.69, 9.17) is 0 Å². The number of halogens is 7. The van der Waals surface area contributed by atoms with Crippen LogP contribution in [0, 0.1) is 6.17 Å². The maximum Gasteiger partial charge on any atom is 0.417 e. The first-order valence-electron chi connectivity index (χ1n) is 5.41. The van der Waals surface area contributed by atoms with Crippen LogP contribution < -0.4 is 0 Å². The molecule has 111 valence electrons. The number of pyridine rings is 1. The second-order valence-electron chi connectivity index (χ2n) is 4.04. The number of hydrogen-bond donors (Lipinski definition) is 0. The minimum atomic E-state index is -4.73. The zero-order valence-electron chi connectivity index (χ0n) is 9.98. The van der Waals surface area contributed by atoms with Crippen LogP contribution in [0.2, 0.25) is 0 Å². The molecule has 0 amide bonds. The smallest absolute Gasteiger partial charge is 0.255 e. The topological polar surface area (TPSA) is 12.9 Å². The van der Waals surface area contributed by atoms with E-state index in [0.29, 0.717) is 18.3 Å². The van der Waals surface area contributed by atoms with Crippen molar-refractivity contribution in [1.29, 1.82) is 0 Å². The largest absolute Gasteiger partial charge is 0.417 e. The molecule has 8 heteroatoms. The van der Waals surface area contributed by atoms with Crippen molar-refractivity contribution in [2.45, 2.75) is 12.4 Å². The summed E-state index contributed by atoms with van der Waals surface area (Å²) in [6.45, 7) is 0. The van der Waals surface area contributed by atoms with Gasteiger partial charge in [0.15, 0.2) is 0 Å². The number of rotatable bonds is 1. The predicted molar refractivity (Wildman–Crippen MR) is 59.2 cm³/mol. The first-order valence-corrected chi connectivity index (χ1v) is 5.41. The summed E-state index contributed by atoms with van der Waals surface area (Å²) in [4.78, 5) is 3.40. The second-order valence-corrected chi connectivity index (χ2v) is 4.04. The summed E-state index contributed by atoms with van der Waals surface area (Å²) in [5, 5.41) is 0. The van der Waals surface area contributed by atoms with Crippen LogP contribution in [-0.2, 0) is 6.18 Å². The fourth-order valence-electron chi connectivity index (χ4n) is 1.54. The summed E-state index contributed by atoms with van der Waals surface area (Å²) in [5.74, 6) is 0. The van der Waals surface area contributed by atoms with E-state index in [9.17, 15) is 30.7 Å². The minimum Gasteiger partial charge on any atom is -0.255 e. The van der Waals surface area contributed by atoms with E-state index in [0.717, 1.165) is 6.07 Å². The maximum absolute atomic E-state index is 13.6. The van der Waals surface area contributed by atoms with Crippen molar-refractivity contribution in [2.75, 3.05) is 0 Å². The van der Waals surface area contributed by atoms with E-state index in [2.05, 4.69) is 4.98 Å². The lowest BCUT2D eigenvalue weighted by molar-refractivity contribution is -0.137. The van der Waals surface area contributed by atoms with Crippen LogP contribution >= 0.6 is 0 Å². The van der Waals surface area contributed by atoms with Gasteiger partial charge in [-0.15, -0.1) is 5.73 Å². The van der Waals surface area contributed by atoms with Gasteiger partial charge in [0, 0.05) is 6.20 Å². The van der Waals surface area contributed by atoms with E-state index in [1.807, 2.05) is 5.73 Å². The summed E-state index contributed by atoms with van der Waals surface area (Å²) >= 11 is 0. The third kappa shape index (κ3) is 3.33. The first kappa shape index (κ1) is 15.3. The Morgan fingerprint density at radius 3 is 2.05 bits per heavy atom. The van der Waals surface area contributed by atoms with Crippen LogP contribution in [0.15, 0.2) is 41.8 Å². The Morgan fingerprint density at radius 1 is 0.952 bits per heavy atom. The molecule has 0 unspecified atom stereocenters. The molecule has 1 aliphatic rings. The molecular weight excluding hydrogens is 303 g/mol. The van der Waals surface area contributed by atoms with E-state index >= 15 is 0 Å². The van der Waals surface area contributed by atoms with Crippen molar-refractivity contribution in [3.05, 3.63) is 59.2 Å². The van der Waals surface area contributed by atoms with E-state index in [1.54, 1.807) is 0 Å². The lowest BCUT2D eigenvalue weighted by Crippen LogP contribution is -2.13. The summed E-state index contributed by atoms with van der Waals surface area (Å²) in [5.41, 5.74) is -0.911. The molecule has 0 fully saturated rings. The number of allylic oxidation sites excluding steroid dienone is 3. The molecule has 0 aromatic carbocycles. The molecule has 2 rings (SSSR count). The molecule has 1 aliphatic carbocycles. The fraction of sp³-hybridized carbons (Fsp3) is 0.154. The van der Waals surface area contributed by atoms with Gasteiger partial charge in [0.25, 0.3) is 0 Å². The van der Waals surface area contributed by atoms with Crippen molar-refractivity contribution < 1.29 is 30.7 Å². The van der Waals surface area contributed by atoms with Gasteiger partial charge in [0.05, 0.1) is 22.4 Å². The minimum absolute atomic E-state index is 0.241. The molecule has 0 atom stereocenters. The molecule has 1 heterocycles. The SMILES string of the molecule is F[C]1C=C(C(F)(F)F)C=C=C1c1ccc(C(F)(F)F)cn1. The number of hydrogen-bond acceptors (Lipinski definition) is 1. The molecule has 0 saturated carbocycles. The van der Waals surface area contributed by atoms with Crippen LogP contribution in [0.4, 0.5) is 30.7 Å². The van der Waals surface area contributed by atoms with Gasteiger partial charge in [-0.2, -0.15) is 26.3 Å². The summed E-state index contributed by atoms with van der Waals surface area (Å²) in [6.07, 6.45) is -9.38. The average Bonchev–Trinajstić information content (AvgIpc) is 2.36. The third-order valence-corrected chi connectivity index (χ3v) is 2.57. The van der Waals surface area contributed by atoms with Gasteiger partial charge < -0.3 is 0 Å². The number of aromatic nitrogens is 1. The van der Waals surface area contributed by atoms with E-state index in [1.165, 1.54) is 0 Å². The van der Waals surface area contributed by atoms with Crippen molar-refractivity contribution in [2.24, 2.45) is 0 Å². The van der Waals surface area contributed by atoms with Gasteiger partial charge in [0.2, 0.25) is 6.17 Å². The van der Waals surface area contributed by atoms with Crippen molar-refractivity contribution >= 4 is 5.57 Å². The Balaban J connectivity index is 2.34. The highest BCUT2D eigenvalue weighted by Crippen LogP contribution is 2.36. The Morgan fingerprint density at radius 2 is 1.62 bits per heavy atom. The highest BCUT2D eigenvalue weighted by atomic mass is 19.4. The summed E-state index contributed by atoms with van der Waals surface area (Å²) in [6, 6.07) is 1.53. The molecule has 1 radical (unpaired) electrons. The van der Waals surface area contributed by atoms with Crippen LogP contribution in [-0.4, -0.2) is 11.2 Å². The standard InChI is InChI=1S/C13H5F7N/c14-10-5-7(12(15,16)17)1-3-9(10)11-4-2-8(6-21-11)13(18,19)20/h1-2,4-6H. The van der Waals surface area contributed by atoms with Crippen LogP contribution in [0.5, 0.6) is 0 Å². The van der Waals surface area contributed by atoms with Gasteiger partial charge in [-0.25, -0.2) is 4.39 Å². The zero-order chi connectivity index (χ0) is 15.8. The third-order valence-electron chi connectivity index (χ3n) is 2.57. The summed E-state index contributed by atoms with van der Waals surface area (Å²) in [7, 11) is 0. The fourth-order valence-corrected chi connectivity index (χ4v) is 1.54. The quantitative estimate of drug-likeness (QED) is 0.544. The molecule has 0 spiro atoms. The summed E-state index contributed by atoms with van der Waals surface area (Å²) < 4.78 is 87.7. The molecule has 1 nitrogen and oxygen atoms in total. The Bertz CT molecular complexity index is 628. The highest BCUT2D eigenvalue weighted by molar-refractivity contribution is 5.76. The first-order chi connectivity index (χ1) is 9.59. The molecule has 0 saturated heterocycles. The van der Waals surface area contributed by atoms with E-state index < -0.39 is 35.2 Å².